The zero-order valence-corrected chi connectivity index (χ0v) is 12.6. The maximum absolute atomic E-state index is 11.8. The van der Waals surface area contributed by atoms with Gasteiger partial charge in [-0.15, -0.1) is 0 Å². The van der Waals surface area contributed by atoms with Crippen molar-refractivity contribution in [1.29, 1.82) is 0 Å². The SMILES string of the molecule is COC(=O)c1ccnc(N2CC3CCCN3CC2C)c1N. The summed E-state index contributed by atoms with van der Waals surface area (Å²) >= 11 is 0. The first-order chi connectivity index (χ1) is 10.1. The first kappa shape index (κ1) is 14.1. The molecule has 3 rings (SSSR count). The van der Waals surface area contributed by atoms with E-state index in [9.17, 15) is 4.79 Å². The van der Waals surface area contributed by atoms with E-state index in [-0.39, 0.29) is 0 Å². The van der Waals surface area contributed by atoms with E-state index in [4.69, 9.17) is 10.5 Å². The Bertz CT molecular complexity index is 548. The number of fused-ring (bicyclic) bond motifs is 1. The Labute approximate surface area is 124 Å². The third-order valence-corrected chi connectivity index (χ3v) is 4.58. The van der Waals surface area contributed by atoms with Crippen LogP contribution < -0.4 is 10.6 Å². The summed E-state index contributed by atoms with van der Waals surface area (Å²) in [4.78, 5) is 21.0. The zero-order chi connectivity index (χ0) is 15.0. The standard InChI is InChI=1S/C15H22N4O2/c1-10-8-18-7-3-4-11(18)9-19(10)14-13(16)12(5-6-17-14)15(20)21-2/h5-6,10-11H,3-4,7-9,16H2,1-2H3. The van der Waals surface area contributed by atoms with E-state index in [1.54, 1.807) is 12.3 Å². The molecule has 3 heterocycles. The molecule has 2 unspecified atom stereocenters. The van der Waals surface area contributed by atoms with Crippen LogP contribution >= 0.6 is 0 Å². The smallest absolute Gasteiger partial charge is 0.340 e. The molecule has 2 aliphatic heterocycles. The molecule has 6 heteroatoms. The summed E-state index contributed by atoms with van der Waals surface area (Å²) in [6.45, 7) is 5.31. The monoisotopic (exact) mass is 290 g/mol. The van der Waals surface area contributed by atoms with Gasteiger partial charge in [0.25, 0.3) is 0 Å². The molecule has 0 aromatic carbocycles. The van der Waals surface area contributed by atoms with E-state index < -0.39 is 5.97 Å². The van der Waals surface area contributed by atoms with Gasteiger partial charge in [-0.25, -0.2) is 9.78 Å². The van der Waals surface area contributed by atoms with Gasteiger partial charge in [0, 0.05) is 31.4 Å². The Balaban J connectivity index is 1.91. The van der Waals surface area contributed by atoms with Crippen molar-refractivity contribution >= 4 is 17.5 Å². The number of piperazine rings is 1. The number of carbonyl (C=O) groups excluding carboxylic acids is 1. The van der Waals surface area contributed by atoms with E-state index in [1.165, 1.54) is 26.5 Å². The molecule has 2 saturated heterocycles. The average Bonchev–Trinajstić information content (AvgIpc) is 2.93. The van der Waals surface area contributed by atoms with Crippen LogP contribution in [0, 0.1) is 0 Å². The number of hydrogen-bond acceptors (Lipinski definition) is 6. The molecule has 2 atom stereocenters. The quantitative estimate of drug-likeness (QED) is 0.823. The van der Waals surface area contributed by atoms with E-state index in [1.807, 2.05) is 0 Å². The van der Waals surface area contributed by atoms with Crippen molar-refractivity contribution in [3.8, 4) is 0 Å². The lowest BCUT2D eigenvalue weighted by Crippen LogP contribution is -2.55. The second kappa shape index (κ2) is 5.52. The van der Waals surface area contributed by atoms with Crippen molar-refractivity contribution in [2.45, 2.75) is 31.8 Å². The third kappa shape index (κ3) is 2.44. The van der Waals surface area contributed by atoms with Gasteiger partial charge in [-0.1, -0.05) is 0 Å². The summed E-state index contributed by atoms with van der Waals surface area (Å²) < 4.78 is 4.78. The number of ether oxygens (including phenoxy) is 1. The molecule has 1 aromatic heterocycles. The van der Waals surface area contributed by atoms with Gasteiger partial charge in [-0.05, 0) is 32.4 Å². The van der Waals surface area contributed by atoms with E-state index in [0.717, 1.165) is 13.1 Å². The maximum Gasteiger partial charge on any atom is 0.340 e. The number of esters is 1. The highest BCUT2D eigenvalue weighted by Crippen LogP contribution is 2.32. The van der Waals surface area contributed by atoms with Gasteiger partial charge in [0.2, 0.25) is 0 Å². The van der Waals surface area contributed by atoms with Crippen LogP contribution in [0.25, 0.3) is 0 Å². The van der Waals surface area contributed by atoms with Gasteiger partial charge >= 0.3 is 5.97 Å². The van der Waals surface area contributed by atoms with Gasteiger partial charge in [-0.3, -0.25) is 4.90 Å². The molecule has 114 valence electrons. The molecule has 2 fully saturated rings. The fourth-order valence-corrected chi connectivity index (χ4v) is 3.46. The van der Waals surface area contributed by atoms with Crippen molar-refractivity contribution < 1.29 is 9.53 Å². The molecule has 0 spiro atoms. The normalized spacial score (nSPS) is 25.7. The Morgan fingerprint density at radius 2 is 2.29 bits per heavy atom. The van der Waals surface area contributed by atoms with Crippen LogP contribution in [-0.2, 0) is 4.74 Å². The second-order valence-corrected chi connectivity index (χ2v) is 5.88. The fraction of sp³-hybridized carbons (Fsp3) is 0.600. The molecule has 0 aliphatic carbocycles. The lowest BCUT2D eigenvalue weighted by Gasteiger charge is -2.43. The minimum Gasteiger partial charge on any atom is -0.465 e. The van der Waals surface area contributed by atoms with Crippen LogP contribution in [0.2, 0.25) is 0 Å². The van der Waals surface area contributed by atoms with Crippen LogP contribution in [0.4, 0.5) is 11.5 Å². The highest BCUT2D eigenvalue weighted by Gasteiger charge is 2.36. The number of pyridine rings is 1. The van der Waals surface area contributed by atoms with Crippen molar-refractivity contribution in [1.82, 2.24) is 9.88 Å². The lowest BCUT2D eigenvalue weighted by molar-refractivity contribution is 0.0602. The second-order valence-electron chi connectivity index (χ2n) is 5.88. The maximum atomic E-state index is 11.8. The molecule has 21 heavy (non-hydrogen) atoms. The number of nitrogen functional groups attached to an aromatic ring is 1. The van der Waals surface area contributed by atoms with Crippen LogP contribution in [0.1, 0.15) is 30.1 Å². The van der Waals surface area contributed by atoms with Crippen LogP contribution in [-0.4, -0.2) is 54.7 Å². The summed E-state index contributed by atoms with van der Waals surface area (Å²) in [7, 11) is 1.36. The van der Waals surface area contributed by atoms with Crippen LogP contribution in [0.15, 0.2) is 12.3 Å². The highest BCUT2D eigenvalue weighted by molar-refractivity contribution is 5.97. The minimum atomic E-state index is -0.414. The van der Waals surface area contributed by atoms with E-state index >= 15 is 0 Å². The average molecular weight is 290 g/mol. The van der Waals surface area contributed by atoms with Gasteiger partial charge in [0.15, 0.2) is 5.82 Å². The number of anilines is 2. The topological polar surface area (TPSA) is 71.7 Å². The molecule has 0 bridgehead atoms. The Kier molecular flexibility index (Phi) is 3.71. The van der Waals surface area contributed by atoms with Gasteiger partial charge in [-0.2, -0.15) is 0 Å². The Morgan fingerprint density at radius 3 is 3.05 bits per heavy atom. The number of nitrogens with two attached hydrogens (primary N) is 1. The van der Waals surface area contributed by atoms with Crippen molar-refractivity contribution in [3.63, 3.8) is 0 Å². The third-order valence-electron chi connectivity index (χ3n) is 4.58. The van der Waals surface area contributed by atoms with E-state index in [0.29, 0.717) is 29.2 Å². The summed E-state index contributed by atoms with van der Waals surface area (Å²) in [5, 5.41) is 0. The Morgan fingerprint density at radius 1 is 1.48 bits per heavy atom. The van der Waals surface area contributed by atoms with Crippen molar-refractivity contribution in [2.75, 3.05) is 37.4 Å². The number of hydrogen-bond donors (Lipinski definition) is 1. The van der Waals surface area contributed by atoms with Gasteiger partial charge < -0.3 is 15.4 Å². The molecular weight excluding hydrogens is 268 g/mol. The van der Waals surface area contributed by atoms with Crippen LogP contribution in [0.3, 0.4) is 0 Å². The summed E-state index contributed by atoms with van der Waals surface area (Å²) in [6, 6.07) is 2.52. The number of nitrogens with zero attached hydrogens (tertiary/aromatic N) is 3. The number of aromatic nitrogens is 1. The number of rotatable bonds is 2. The first-order valence-electron chi connectivity index (χ1n) is 7.45. The summed E-state index contributed by atoms with van der Waals surface area (Å²) in [6.07, 6.45) is 4.11. The van der Waals surface area contributed by atoms with Crippen molar-refractivity contribution in [3.05, 3.63) is 17.8 Å². The Hall–Kier alpha value is -1.82. The van der Waals surface area contributed by atoms with Gasteiger partial charge in [0.1, 0.15) is 0 Å². The highest BCUT2D eigenvalue weighted by atomic mass is 16.5. The number of methoxy groups -OCH3 is 1. The van der Waals surface area contributed by atoms with Gasteiger partial charge in [0.05, 0.1) is 18.4 Å². The van der Waals surface area contributed by atoms with Crippen molar-refractivity contribution in [2.24, 2.45) is 0 Å². The molecule has 1 aromatic rings. The molecule has 2 aliphatic rings. The predicted octanol–water partition coefficient (Wildman–Crippen LogP) is 1.12. The molecule has 6 nitrogen and oxygen atoms in total. The van der Waals surface area contributed by atoms with E-state index in [2.05, 4.69) is 21.7 Å². The zero-order valence-electron chi connectivity index (χ0n) is 12.6. The summed E-state index contributed by atoms with van der Waals surface area (Å²) in [5.74, 6) is 0.292. The predicted molar refractivity (Wildman–Crippen MR) is 81.4 cm³/mol. The molecule has 0 radical (unpaired) electrons. The molecule has 0 saturated carbocycles. The van der Waals surface area contributed by atoms with Crippen LogP contribution in [0.5, 0.6) is 0 Å². The lowest BCUT2D eigenvalue weighted by atomic mass is 10.1. The summed E-state index contributed by atoms with van der Waals surface area (Å²) in [5.41, 5.74) is 6.98. The minimum absolute atomic E-state index is 0.335. The molecule has 0 amide bonds. The largest absolute Gasteiger partial charge is 0.465 e. The fourth-order valence-electron chi connectivity index (χ4n) is 3.46. The number of carbonyl (C=O) groups is 1. The molecular formula is C15H22N4O2. The molecule has 2 N–H and O–H groups in total. The first-order valence-corrected chi connectivity index (χ1v) is 7.45.